The van der Waals surface area contributed by atoms with Gasteiger partial charge in [0.05, 0.1) is 5.71 Å². The molecule has 0 unspecified atom stereocenters. The Balaban J connectivity index is 1.43. The van der Waals surface area contributed by atoms with Gasteiger partial charge in [-0.1, -0.05) is 42.5 Å². The number of nitrogens with one attached hydrogen (secondary N) is 1. The molecule has 0 radical (unpaired) electrons. The van der Waals surface area contributed by atoms with Crippen LogP contribution < -0.4 is 4.74 Å². The third-order valence-corrected chi connectivity index (χ3v) is 7.13. The van der Waals surface area contributed by atoms with Gasteiger partial charge in [-0.05, 0) is 60.4 Å². The average molecular weight is 541 g/mol. The Morgan fingerprint density at radius 2 is 1.62 bits per heavy atom. The minimum absolute atomic E-state index is 0.200. The summed E-state index contributed by atoms with van der Waals surface area (Å²) < 4.78 is 19.7. The highest BCUT2D eigenvalue weighted by molar-refractivity contribution is 6.30. The van der Waals surface area contributed by atoms with E-state index in [1.54, 1.807) is 0 Å². The van der Waals surface area contributed by atoms with E-state index in [0.717, 1.165) is 43.3 Å². The van der Waals surface area contributed by atoms with E-state index in [4.69, 9.17) is 9.73 Å². The van der Waals surface area contributed by atoms with Crippen molar-refractivity contribution in [1.82, 2.24) is 14.8 Å². The first-order chi connectivity index (χ1) is 19.2. The fraction of sp³-hybridized carbons (Fsp3) is 0.226. The van der Waals surface area contributed by atoms with Gasteiger partial charge in [-0.25, -0.2) is 9.18 Å². The number of aryl methyl sites for hydroxylation is 1. The Bertz CT molecular complexity index is 1590. The third-order valence-electron chi connectivity index (χ3n) is 7.13. The summed E-state index contributed by atoms with van der Waals surface area (Å²) in [4.78, 5) is 48.4. The molecule has 0 saturated carbocycles. The van der Waals surface area contributed by atoms with Crippen LogP contribution in [-0.2, 0) is 22.6 Å². The number of hydrogen-bond donors (Lipinski definition) is 1. The number of carbonyl (C=O) groups is 3. The predicted octanol–water partition coefficient (Wildman–Crippen LogP) is 4.89. The van der Waals surface area contributed by atoms with Crippen LogP contribution in [0.15, 0.2) is 77.8 Å². The van der Waals surface area contributed by atoms with Gasteiger partial charge in [-0.15, -0.1) is 0 Å². The van der Waals surface area contributed by atoms with Crippen LogP contribution in [-0.4, -0.2) is 59.0 Å². The van der Waals surface area contributed by atoms with Crippen molar-refractivity contribution in [3.8, 4) is 5.75 Å². The molecule has 4 amide bonds. The van der Waals surface area contributed by atoms with Crippen LogP contribution in [0.25, 0.3) is 10.9 Å². The number of imide groups is 2. The smallest absolute Gasteiger partial charge is 0.332 e. The SMILES string of the molecule is Cc1[nH]c2ccc(OCc3ccccc3)cc2c1CCN=C(c1ccc(F)cc1)C1C(=O)N(C)C(=O)N(C)C1=O. The Hall–Kier alpha value is -4.79. The number of aromatic nitrogens is 1. The number of H-pyrrole nitrogens is 1. The molecule has 1 aliphatic rings. The summed E-state index contributed by atoms with van der Waals surface area (Å²) >= 11 is 0. The van der Waals surface area contributed by atoms with Crippen LogP contribution >= 0.6 is 0 Å². The zero-order valence-corrected chi connectivity index (χ0v) is 22.5. The van der Waals surface area contributed by atoms with Gasteiger partial charge < -0.3 is 9.72 Å². The molecule has 3 aromatic carbocycles. The molecule has 9 heteroatoms. The van der Waals surface area contributed by atoms with Crippen molar-refractivity contribution < 1.29 is 23.5 Å². The molecule has 0 spiro atoms. The lowest BCUT2D eigenvalue weighted by atomic mass is 9.92. The lowest BCUT2D eigenvalue weighted by Gasteiger charge is -2.33. The summed E-state index contributed by atoms with van der Waals surface area (Å²) in [7, 11) is 2.66. The molecule has 5 rings (SSSR count). The van der Waals surface area contributed by atoms with E-state index >= 15 is 0 Å². The number of hydrogen-bond acceptors (Lipinski definition) is 5. The summed E-state index contributed by atoms with van der Waals surface area (Å²) in [6, 6.07) is 20.6. The third kappa shape index (κ3) is 5.22. The summed E-state index contributed by atoms with van der Waals surface area (Å²) in [6.07, 6.45) is 0.512. The minimum atomic E-state index is -1.31. The van der Waals surface area contributed by atoms with Gasteiger partial charge in [-0.2, -0.15) is 0 Å². The minimum Gasteiger partial charge on any atom is -0.489 e. The van der Waals surface area contributed by atoms with E-state index in [2.05, 4.69) is 4.98 Å². The topological polar surface area (TPSA) is 95.1 Å². The van der Waals surface area contributed by atoms with E-state index in [1.165, 1.54) is 38.4 Å². The van der Waals surface area contributed by atoms with Crippen LogP contribution in [0.3, 0.4) is 0 Å². The molecule has 0 bridgehead atoms. The number of carbonyl (C=O) groups excluding carboxylic acids is 3. The van der Waals surface area contributed by atoms with Crippen molar-refractivity contribution in [3.63, 3.8) is 0 Å². The number of fused-ring (bicyclic) bond motifs is 1. The molecule has 0 atom stereocenters. The number of barbiturate groups is 1. The van der Waals surface area contributed by atoms with Crippen molar-refractivity contribution in [3.05, 3.63) is 101 Å². The van der Waals surface area contributed by atoms with E-state index in [-0.39, 0.29) is 12.3 Å². The van der Waals surface area contributed by atoms with Crippen molar-refractivity contribution in [2.45, 2.75) is 20.0 Å². The van der Waals surface area contributed by atoms with Crippen molar-refractivity contribution >= 4 is 34.5 Å². The second kappa shape index (κ2) is 11.1. The Morgan fingerprint density at radius 3 is 2.30 bits per heavy atom. The number of aromatic amines is 1. The van der Waals surface area contributed by atoms with Crippen LogP contribution in [0.4, 0.5) is 9.18 Å². The second-order valence-corrected chi connectivity index (χ2v) is 9.74. The summed E-state index contributed by atoms with van der Waals surface area (Å²) in [5.41, 5.74) is 4.68. The van der Waals surface area contributed by atoms with E-state index in [9.17, 15) is 18.8 Å². The molecular weight excluding hydrogens is 511 g/mol. The van der Waals surface area contributed by atoms with Gasteiger partial charge in [0.15, 0.2) is 5.92 Å². The molecule has 2 heterocycles. The number of amides is 4. The quantitative estimate of drug-likeness (QED) is 0.254. The maximum atomic E-state index is 13.7. The molecular formula is C31H29FN4O4. The first-order valence-corrected chi connectivity index (χ1v) is 12.9. The molecule has 1 aliphatic heterocycles. The predicted molar refractivity (Wildman–Crippen MR) is 150 cm³/mol. The van der Waals surface area contributed by atoms with Gasteiger partial charge in [0.1, 0.15) is 18.2 Å². The molecule has 1 N–H and O–H groups in total. The number of ether oxygens (including phenoxy) is 1. The molecule has 204 valence electrons. The monoisotopic (exact) mass is 540 g/mol. The molecule has 1 aromatic heterocycles. The molecule has 40 heavy (non-hydrogen) atoms. The summed E-state index contributed by atoms with van der Waals surface area (Å²) in [5.74, 6) is -2.35. The number of benzene rings is 3. The Labute approximate surface area is 231 Å². The van der Waals surface area contributed by atoms with Gasteiger partial charge in [0.25, 0.3) is 0 Å². The zero-order chi connectivity index (χ0) is 28.4. The number of aliphatic imine (C=N–C) groups is 1. The van der Waals surface area contributed by atoms with Crippen LogP contribution in [0.2, 0.25) is 0 Å². The standard InChI is InChI=1S/C31H29FN4O4/c1-19-24(25-17-23(13-14-26(25)34-19)40-18-20-7-5-4-6-8-20)15-16-33-28(21-9-11-22(32)12-10-21)27-29(37)35(2)31(39)36(3)30(27)38/h4-14,17,27,34H,15-16,18H2,1-3H3. The Morgan fingerprint density at radius 1 is 0.950 bits per heavy atom. The highest BCUT2D eigenvalue weighted by Gasteiger charge is 2.45. The highest BCUT2D eigenvalue weighted by Crippen LogP contribution is 2.28. The number of halogens is 1. The summed E-state index contributed by atoms with van der Waals surface area (Å²) in [6.45, 7) is 2.69. The second-order valence-electron chi connectivity index (χ2n) is 9.74. The number of urea groups is 1. The first kappa shape index (κ1) is 26.8. The molecule has 1 saturated heterocycles. The maximum Gasteiger partial charge on any atom is 0.332 e. The van der Waals surface area contributed by atoms with E-state index in [1.807, 2.05) is 55.5 Å². The first-order valence-electron chi connectivity index (χ1n) is 12.9. The molecule has 1 fully saturated rings. The maximum absolute atomic E-state index is 13.7. The summed E-state index contributed by atoms with van der Waals surface area (Å²) in [5, 5.41) is 0.997. The van der Waals surface area contributed by atoms with Gasteiger partial charge >= 0.3 is 6.03 Å². The highest BCUT2D eigenvalue weighted by atomic mass is 19.1. The van der Waals surface area contributed by atoms with Crippen molar-refractivity contribution in [2.75, 3.05) is 20.6 Å². The normalized spacial score (nSPS) is 14.9. The number of rotatable bonds is 8. The Kier molecular flexibility index (Phi) is 7.46. The number of nitrogens with zero attached hydrogens (tertiary/aromatic N) is 3. The average Bonchev–Trinajstić information content (AvgIpc) is 3.28. The van der Waals surface area contributed by atoms with Crippen LogP contribution in [0, 0.1) is 18.7 Å². The largest absolute Gasteiger partial charge is 0.489 e. The van der Waals surface area contributed by atoms with Crippen molar-refractivity contribution in [2.24, 2.45) is 10.9 Å². The van der Waals surface area contributed by atoms with E-state index in [0.29, 0.717) is 18.6 Å². The van der Waals surface area contributed by atoms with Gasteiger partial charge in [0, 0.05) is 37.2 Å². The molecule has 4 aromatic rings. The van der Waals surface area contributed by atoms with Gasteiger partial charge in [0.2, 0.25) is 11.8 Å². The molecule has 8 nitrogen and oxygen atoms in total. The fourth-order valence-electron chi connectivity index (χ4n) is 4.91. The van der Waals surface area contributed by atoms with Crippen LogP contribution in [0.5, 0.6) is 5.75 Å². The van der Waals surface area contributed by atoms with Gasteiger partial charge in [-0.3, -0.25) is 24.4 Å². The fourth-order valence-corrected chi connectivity index (χ4v) is 4.91. The lowest BCUT2D eigenvalue weighted by Crippen LogP contribution is -2.59. The van der Waals surface area contributed by atoms with Crippen molar-refractivity contribution in [1.29, 1.82) is 0 Å². The van der Waals surface area contributed by atoms with E-state index < -0.39 is 29.6 Å². The zero-order valence-electron chi connectivity index (χ0n) is 22.5. The molecule has 0 aliphatic carbocycles. The lowest BCUT2D eigenvalue weighted by molar-refractivity contribution is -0.144. The van der Waals surface area contributed by atoms with Crippen LogP contribution in [0.1, 0.15) is 22.4 Å².